The molecule has 0 aliphatic carbocycles. The van der Waals surface area contributed by atoms with Crippen molar-refractivity contribution in [3.8, 4) is 5.75 Å². The number of ether oxygens (including phenoxy) is 2. The largest absolute Gasteiger partial charge is 0.478 e. The van der Waals surface area contributed by atoms with Crippen LogP contribution in [0, 0.1) is 0 Å². The Balaban J connectivity index is 2.98. The monoisotopic (exact) mass is 302 g/mol. The van der Waals surface area contributed by atoms with Crippen molar-refractivity contribution < 1.29 is 24.2 Å². The van der Waals surface area contributed by atoms with E-state index in [0.717, 1.165) is 0 Å². The first kappa shape index (κ1) is 13.5. The van der Waals surface area contributed by atoms with Crippen molar-refractivity contribution in [1.82, 2.24) is 0 Å². The maximum Gasteiger partial charge on any atom is 0.346 e. The van der Waals surface area contributed by atoms with Crippen LogP contribution in [0.25, 0.3) is 0 Å². The summed E-state index contributed by atoms with van der Waals surface area (Å²) in [6, 6.07) is 4.51. The van der Waals surface area contributed by atoms with E-state index in [1.807, 2.05) is 0 Å². The Labute approximate surface area is 106 Å². The minimum absolute atomic E-state index is 0.0184. The molecule has 17 heavy (non-hydrogen) atoms. The van der Waals surface area contributed by atoms with Gasteiger partial charge in [0, 0.05) is 4.47 Å². The SMILES string of the molecule is COC(=O)C(C)Oc1ccc(Br)cc1C(=O)O. The van der Waals surface area contributed by atoms with Crippen LogP contribution >= 0.6 is 15.9 Å². The van der Waals surface area contributed by atoms with Crippen molar-refractivity contribution >= 4 is 27.9 Å². The summed E-state index contributed by atoms with van der Waals surface area (Å²) in [5.74, 6) is -1.57. The van der Waals surface area contributed by atoms with Crippen LogP contribution in [-0.2, 0) is 9.53 Å². The Morgan fingerprint density at radius 2 is 2.06 bits per heavy atom. The number of hydrogen-bond acceptors (Lipinski definition) is 4. The van der Waals surface area contributed by atoms with E-state index in [2.05, 4.69) is 20.7 Å². The van der Waals surface area contributed by atoms with Gasteiger partial charge < -0.3 is 14.6 Å². The molecule has 1 aromatic rings. The standard InChI is InChI=1S/C11H11BrO5/c1-6(11(15)16-2)17-9-4-3-7(12)5-8(9)10(13)14/h3-6H,1-2H3,(H,13,14). The topological polar surface area (TPSA) is 72.8 Å². The van der Waals surface area contributed by atoms with Gasteiger partial charge in [-0.1, -0.05) is 15.9 Å². The minimum Gasteiger partial charge on any atom is -0.478 e. The molecule has 0 aliphatic heterocycles. The van der Waals surface area contributed by atoms with E-state index in [1.54, 1.807) is 6.07 Å². The average molecular weight is 303 g/mol. The van der Waals surface area contributed by atoms with Crippen LogP contribution in [0.2, 0.25) is 0 Å². The first-order chi connectivity index (χ1) is 7.95. The van der Waals surface area contributed by atoms with E-state index in [-0.39, 0.29) is 11.3 Å². The molecule has 0 aliphatic rings. The minimum atomic E-state index is -1.13. The van der Waals surface area contributed by atoms with Gasteiger partial charge in [-0.25, -0.2) is 9.59 Å². The van der Waals surface area contributed by atoms with E-state index < -0.39 is 18.0 Å². The highest BCUT2D eigenvalue weighted by molar-refractivity contribution is 9.10. The summed E-state index contributed by atoms with van der Waals surface area (Å²) in [7, 11) is 1.24. The lowest BCUT2D eigenvalue weighted by molar-refractivity contribution is -0.147. The van der Waals surface area contributed by atoms with E-state index in [1.165, 1.54) is 26.2 Å². The molecule has 0 fully saturated rings. The Bertz CT molecular complexity index is 443. The van der Waals surface area contributed by atoms with Gasteiger partial charge in [0.05, 0.1) is 7.11 Å². The molecule has 0 amide bonds. The van der Waals surface area contributed by atoms with Gasteiger partial charge in [-0.15, -0.1) is 0 Å². The number of esters is 1. The summed E-state index contributed by atoms with van der Waals surface area (Å²) >= 11 is 3.16. The van der Waals surface area contributed by atoms with Crippen molar-refractivity contribution in [2.45, 2.75) is 13.0 Å². The molecule has 0 aromatic heterocycles. The fraction of sp³-hybridized carbons (Fsp3) is 0.273. The predicted octanol–water partition coefficient (Wildman–Crippen LogP) is 2.09. The summed E-state index contributed by atoms with van der Waals surface area (Å²) in [6.07, 6.45) is -0.862. The molecule has 1 unspecified atom stereocenters. The number of aromatic carboxylic acids is 1. The molecule has 1 rings (SSSR count). The molecular formula is C11H11BrO5. The van der Waals surface area contributed by atoms with Crippen LogP contribution in [0.1, 0.15) is 17.3 Å². The van der Waals surface area contributed by atoms with Crippen molar-refractivity contribution in [2.24, 2.45) is 0 Å². The molecule has 1 aromatic carbocycles. The van der Waals surface area contributed by atoms with Crippen molar-refractivity contribution in [3.63, 3.8) is 0 Å². The van der Waals surface area contributed by atoms with Gasteiger partial charge >= 0.3 is 11.9 Å². The maximum atomic E-state index is 11.2. The van der Waals surface area contributed by atoms with E-state index in [4.69, 9.17) is 9.84 Å². The smallest absolute Gasteiger partial charge is 0.346 e. The van der Waals surface area contributed by atoms with Gasteiger partial charge in [0.2, 0.25) is 0 Å². The van der Waals surface area contributed by atoms with E-state index in [0.29, 0.717) is 4.47 Å². The van der Waals surface area contributed by atoms with Crippen molar-refractivity contribution in [3.05, 3.63) is 28.2 Å². The van der Waals surface area contributed by atoms with Crippen molar-refractivity contribution in [2.75, 3.05) is 7.11 Å². The molecule has 0 saturated carbocycles. The van der Waals surface area contributed by atoms with Gasteiger partial charge in [-0.3, -0.25) is 0 Å². The lowest BCUT2D eigenvalue weighted by atomic mass is 10.2. The molecule has 6 heteroatoms. The Kier molecular flexibility index (Phi) is 4.51. The number of carboxylic acids is 1. The van der Waals surface area contributed by atoms with Crippen LogP contribution < -0.4 is 4.74 Å². The zero-order chi connectivity index (χ0) is 13.0. The third kappa shape index (κ3) is 3.45. The highest BCUT2D eigenvalue weighted by atomic mass is 79.9. The van der Waals surface area contributed by atoms with Gasteiger partial charge in [0.15, 0.2) is 6.10 Å². The lowest BCUT2D eigenvalue weighted by Crippen LogP contribution is -2.25. The molecule has 1 atom stereocenters. The first-order valence-electron chi connectivity index (χ1n) is 4.73. The number of rotatable bonds is 4. The van der Waals surface area contributed by atoms with Crippen LogP contribution in [0.3, 0.4) is 0 Å². The molecule has 0 bridgehead atoms. The zero-order valence-corrected chi connectivity index (χ0v) is 10.9. The fourth-order valence-electron chi connectivity index (χ4n) is 1.18. The van der Waals surface area contributed by atoms with Crippen LogP contribution in [0.4, 0.5) is 0 Å². The Morgan fingerprint density at radius 1 is 1.41 bits per heavy atom. The number of carboxylic acid groups (broad SMARTS) is 1. The highest BCUT2D eigenvalue weighted by Gasteiger charge is 2.19. The molecule has 92 valence electrons. The third-order valence-electron chi connectivity index (χ3n) is 2.01. The summed E-state index contributed by atoms with van der Waals surface area (Å²) < 4.78 is 10.3. The summed E-state index contributed by atoms with van der Waals surface area (Å²) in [5.41, 5.74) is -0.0184. The molecule has 0 heterocycles. The average Bonchev–Trinajstić information content (AvgIpc) is 2.29. The highest BCUT2D eigenvalue weighted by Crippen LogP contribution is 2.24. The first-order valence-corrected chi connectivity index (χ1v) is 5.52. The predicted molar refractivity (Wildman–Crippen MR) is 63.2 cm³/mol. The van der Waals surface area contributed by atoms with Gasteiger partial charge in [-0.05, 0) is 25.1 Å². The van der Waals surface area contributed by atoms with Crippen molar-refractivity contribution in [1.29, 1.82) is 0 Å². The number of halogens is 1. The number of carbonyl (C=O) groups excluding carboxylic acids is 1. The lowest BCUT2D eigenvalue weighted by Gasteiger charge is -2.14. The number of hydrogen-bond donors (Lipinski definition) is 1. The van der Waals surface area contributed by atoms with Gasteiger partial charge in [-0.2, -0.15) is 0 Å². The van der Waals surface area contributed by atoms with Gasteiger partial charge in [0.1, 0.15) is 11.3 Å². The summed E-state index contributed by atoms with van der Waals surface area (Å²) in [6.45, 7) is 1.49. The number of methoxy groups -OCH3 is 1. The molecular weight excluding hydrogens is 292 g/mol. The summed E-state index contributed by atoms with van der Waals surface area (Å²) in [4.78, 5) is 22.1. The second-order valence-corrected chi connectivity index (χ2v) is 4.14. The Morgan fingerprint density at radius 3 is 2.59 bits per heavy atom. The number of carbonyl (C=O) groups is 2. The zero-order valence-electron chi connectivity index (χ0n) is 9.27. The van der Waals surface area contributed by atoms with E-state index in [9.17, 15) is 9.59 Å². The van der Waals surface area contributed by atoms with Crippen LogP contribution in [0.15, 0.2) is 22.7 Å². The molecule has 0 radical (unpaired) electrons. The summed E-state index contributed by atoms with van der Waals surface area (Å²) in [5, 5.41) is 8.98. The maximum absolute atomic E-state index is 11.2. The molecule has 5 nitrogen and oxygen atoms in total. The third-order valence-corrected chi connectivity index (χ3v) is 2.50. The van der Waals surface area contributed by atoms with E-state index >= 15 is 0 Å². The van der Waals surface area contributed by atoms with Crippen LogP contribution in [-0.4, -0.2) is 30.3 Å². The fourth-order valence-corrected chi connectivity index (χ4v) is 1.54. The molecule has 0 spiro atoms. The van der Waals surface area contributed by atoms with Gasteiger partial charge in [0.25, 0.3) is 0 Å². The number of benzene rings is 1. The molecule has 1 N–H and O–H groups in total. The van der Waals surface area contributed by atoms with Crippen LogP contribution in [0.5, 0.6) is 5.75 Å². The molecule has 0 saturated heterocycles. The second-order valence-electron chi connectivity index (χ2n) is 3.23. The quantitative estimate of drug-likeness (QED) is 0.862. The Hall–Kier alpha value is -1.56. The normalized spacial score (nSPS) is 11.7. The second kappa shape index (κ2) is 5.67.